The van der Waals surface area contributed by atoms with Crippen molar-refractivity contribution in [3.8, 4) is 0 Å². The van der Waals surface area contributed by atoms with Gasteiger partial charge in [0.1, 0.15) is 0 Å². The molecule has 6 nitrogen and oxygen atoms in total. The molecule has 1 saturated carbocycles. The fourth-order valence-electron chi connectivity index (χ4n) is 3.55. The lowest BCUT2D eigenvalue weighted by atomic mass is 9.78. The standard InChI is InChI=1S/C19H31N3O3S/c1-13-8-6-11-18(14(13)2)20-15(3)19(23)21-16-9-7-10-17(12-16)26(24,25)22(4)5/h7,9-10,12-15,18,20H,6,8,11H2,1-5H3,(H,21,23)/p+1/t13-,14-,15+,18+/m1/s1. The minimum Gasteiger partial charge on any atom is -0.334 e. The highest BCUT2D eigenvalue weighted by Crippen LogP contribution is 2.27. The van der Waals surface area contributed by atoms with Gasteiger partial charge in [0, 0.05) is 25.7 Å². The van der Waals surface area contributed by atoms with Crippen LogP contribution in [-0.4, -0.2) is 44.8 Å². The topological polar surface area (TPSA) is 83.1 Å². The maximum Gasteiger partial charge on any atom is 0.282 e. The van der Waals surface area contributed by atoms with Crippen LogP contribution < -0.4 is 10.6 Å². The zero-order chi connectivity index (χ0) is 19.5. The molecule has 1 amide bonds. The van der Waals surface area contributed by atoms with Crippen LogP contribution in [0.1, 0.15) is 40.0 Å². The first-order valence-electron chi connectivity index (χ1n) is 9.31. The van der Waals surface area contributed by atoms with Crippen LogP contribution in [-0.2, 0) is 14.8 Å². The van der Waals surface area contributed by atoms with Gasteiger partial charge in [-0.3, -0.25) is 4.79 Å². The number of amides is 1. The Hall–Kier alpha value is -1.44. The number of benzene rings is 1. The van der Waals surface area contributed by atoms with Crippen molar-refractivity contribution in [2.45, 2.75) is 57.0 Å². The molecule has 1 aromatic rings. The van der Waals surface area contributed by atoms with Crippen LogP contribution in [0.5, 0.6) is 0 Å². The van der Waals surface area contributed by atoms with E-state index in [-0.39, 0.29) is 16.8 Å². The Morgan fingerprint density at radius 1 is 1.27 bits per heavy atom. The van der Waals surface area contributed by atoms with Gasteiger partial charge in [0.05, 0.1) is 10.9 Å². The second-order valence-electron chi connectivity index (χ2n) is 7.72. The van der Waals surface area contributed by atoms with Gasteiger partial charge in [-0.15, -0.1) is 0 Å². The van der Waals surface area contributed by atoms with Crippen molar-refractivity contribution in [2.24, 2.45) is 11.8 Å². The van der Waals surface area contributed by atoms with Crippen molar-refractivity contribution in [1.29, 1.82) is 0 Å². The van der Waals surface area contributed by atoms with Crippen LogP contribution in [0.3, 0.4) is 0 Å². The first-order valence-corrected chi connectivity index (χ1v) is 10.8. The van der Waals surface area contributed by atoms with E-state index in [0.29, 0.717) is 23.6 Å². The van der Waals surface area contributed by atoms with Gasteiger partial charge in [0.25, 0.3) is 5.91 Å². The molecule has 0 radical (unpaired) electrons. The molecule has 1 fully saturated rings. The summed E-state index contributed by atoms with van der Waals surface area (Å²) >= 11 is 0. The number of sulfonamides is 1. The molecule has 7 heteroatoms. The SMILES string of the molecule is C[C@@H]1[C@H](C)CCC[C@@H]1[NH2+][C@@H](C)C(=O)Nc1cccc(S(=O)(=O)N(C)C)c1. The molecule has 0 heterocycles. The van der Waals surface area contributed by atoms with Crippen LogP contribution in [0.4, 0.5) is 5.69 Å². The van der Waals surface area contributed by atoms with E-state index >= 15 is 0 Å². The van der Waals surface area contributed by atoms with Crippen LogP contribution in [0.2, 0.25) is 0 Å². The van der Waals surface area contributed by atoms with Gasteiger partial charge in [-0.05, 0) is 50.3 Å². The molecule has 146 valence electrons. The maximum absolute atomic E-state index is 12.6. The second-order valence-corrected chi connectivity index (χ2v) is 9.87. The highest BCUT2D eigenvalue weighted by molar-refractivity contribution is 7.89. The summed E-state index contributed by atoms with van der Waals surface area (Å²) in [6.45, 7) is 6.46. The van der Waals surface area contributed by atoms with E-state index in [4.69, 9.17) is 0 Å². The average molecular weight is 383 g/mol. The van der Waals surface area contributed by atoms with Gasteiger partial charge in [-0.25, -0.2) is 12.7 Å². The quantitative estimate of drug-likeness (QED) is 0.785. The molecule has 0 aromatic heterocycles. The monoisotopic (exact) mass is 382 g/mol. The van der Waals surface area contributed by atoms with Crippen molar-refractivity contribution >= 4 is 21.6 Å². The summed E-state index contributed by atoms with van der Waals surface area (Å²) in [5.41, 5.74) is 0.503. The number of nitrogens with two attached hydrogens (primary N) is 1. The summed E-state index contributed by atoms with van der Waals surface area (Å²) in [4.78, 5) is 12.7. The molecule has 1 aliphatic carbocycles. The van der Waals surface area contributed by atoms with Crippen molar-refractivity contribution in [1.82, 2.24) is 4.31 Å². The fraction of sp³-hybridized carbons (Fsp3) is 0.632. The molecular weight excluding hydrogens is 350 g/mol. The Labute approximate surface area is 157 Å². The van der Waals surface area contributed by atoms with E-state index in [2.05, 4.69) is 24.5 Å². The lowest BCUT2D eigenvalue weighted by Crippen LogP contribution is -2.97. The Morgan fingerprint density at radius 2 is 1.96 bits per heavy atom. The number of hydrogen-bond acceptors (Lipinski definition) is 3. The number of hydrogen-bond donors (Lipinski definition) is 2. The summed E-state index contributed by atoms with van der Waals surface area (Å²) in [5, 5.41) is 5.02. The number of anilines is 1. The molecule has 0 aliphatic heterocycles. The molecule has 0 bridgehead atoms. The smallest absolute Gasteiger partial charge is 0.282 e. The van der Waals surface area contributed by atoms with Crippen molar-refractivity contribution < 1.29 is 18.5 Å². The normalized spacial score (nSPS) is 25.1. The molecule has 0 spiro atoms. The molecule has 0 saturated heterocycles. The maximum atomic E-state index is 12.6. The largest absolute Gasteiger partial charge is 0.334 e. The van der Waals surface area contributed by atoms with Gasteiger partial charge in [0.2, 0.25) is 10.0 Å². The number of nitrogens with zero attached hydrogens (tertiary/aromatic N) is 1. The molecule has 4 atom stereocenters. The third kappa shape index (κ3) is 4.84. The molecular formula is C19H32N3O3S+. The molecule has 2 rings (SSSR count). The van der Waals surface area contributed by atoms with E-state index in [9.17, 15) is 13.2 Å². The van der Waals surface area contributed by atoms with E-state index < -0.39 is 10.0 Å². The van der Waals surface area contributed by atoms with Crippen molar-refractivity contribution in [3.63, 3.8) is 0 Å². The van der Waals surface area contributed by atoms with E-state index in [1.807, 2.05) is 6.92 Å². The molecule has 1 aliphatic rings. The third-order valence-corrected chi connectivity index (χ3v) is 7.41. The zero-order valence-electron chi connectivity index (χ0n) is 16.4. The van der Waals surface area contributed by atoms with Crippen molar-refractivity contribution in [3.05, 3.63) is 24.3 Å². The van der Waals surface area contributed by atoms with Crippen LogP contribution >= 0.6 is 0 Å². The summed E-state index contributed by atoms with van der Waals surface area (Å²) in [7, 11) is -0.537. The number of carbonyl (C=O) groups is 1. The van der Waals surface area contributed by atoms with E-state index in [1.54, 1.807) is 12.1 Å². The van der Waals surface area contributed by atoms with Crippen LogP contribution in [0.15, 0.2) is 29.2 Å². The molecule has 1 aromatic carbocycles. The predicted molar refractivity (Wildman–Crippen MR) is 103 cm³/mol. The van der Waals surface area contributed by atoms with Gasteiger partial charge >= 0.3 is 0 Å². The number of carbonyl (C=O) groups excluding carboxylic acids is 1. The van der Waals surface area contributed by atoms with Gasteiger partial charge < -0.3 is 10.6 Å². The van der Waals surface area contributed by atoms with E-state index in [1.165, 1.54) is 39.1 Å². The van der Waals surface area contributed by atoms with Crippen LogP contribution in [0, 0.1) is 11.8 Å². The highest BCUT2D eigenvalue weighted by atomic mass is 32.2. The summed E-state index contributed by atoms with van der Waals surface area (Å²) in [6.07, 6.45) is 3.62. The van der Waals surface area contributed by atoms with Gasteiger partial charge in [-0.1, -0.05) is 19.9 Å². The lowest BCUT2D eigenvalue weighted by Gasteiger charge is -2.33. The minimum atomic E-state index is -3.52. The number of nitrogens with one attached hydrogen (secondary N) is 1. The Kier molecular flexibility index (Phi) is 6.82. The van der Waals surface area contributed by atoms with Crippen LogP contribution in [0.25, 0.3) is 0 Å². The summed E-state index contributed by atoms with van der Waals surface area (Å²) < 4.78 is 25.6. The number of quaternary nitrogens is 1. The predicted octanol–water partition coefficient (Wildman–Crippen LogP) is 1.65. The molecule has 26 heavy (non-hydrogen) atoms. The Balaban J connectivity index is 2.03. The molecule has 3 N–H and O–H groups in total. The van der Waals surface area contributed by atoms with E-state index in [0.717, 1.165) is 10.7 Å². The second kappa shape index (κ2) is 8.50. The Morgan fingerprint density at radius 3 is 2.62 bits per heavy atom. The Bertz CT molecular complexity index is 733. The lowest BCUT2D eigenvalue weighted by molar-refractivity contribution is -0.715. The fourth-order valence-corrected chi connectivity index (χ4v) is 4.50. The first kappa shape index (κ1) is 20.9. The third-order valence-electron chi connectivity index (χ3n) is 5.60. The van der Waals surface area contributed by atoms with Gasteiger partial charge in [-0.2, -0.15) is 0 Å². The summed E-state index contributed by atoms with van der Waals surface area (Å²) in [5.74, 6) is 1.18. The molecule has 0 unspecified atom stereocenters. The minimum absolute atomic E-state index is 0.102. The first-order chi connectivity index (χ1) is 12.1. The van der Waals surface area contributed by atoms with Crippen molar-refractivity contribution in [2.75, 3.05) is 19.4 Å². The highest BCUT2D eigenvalue weighted by Gasteiger charge is 2.32. The number of rotatable bonds is 6. The average Bonchev–Trinajstić information content (AvgIpc) is 2.59. The zero-order valence-corrected chi connectivity index (χ0v) is 17.2. The van der Waals surface area contributed by atoms with Gasteiger partial charge in [0.15, 0.2) is 6.04 Å². The summed E-state index contributed by atoms with van der Waals surface area (Å²) in [6, 6.07) is 6.63.